The Kier molecular flexibility index (Phi) is 7.20. The monoisotopic (exact) mass is 256 g/mol. The lowest BCUT2D eigenvalue weighted by Crippen LogP contribution is -2.46. The Hall–Kier alpha value is -0.120. The van der Waals surface area contributed by atoms with Crippen molar-refractivity contribution in [3.63, 3.8) is 0 Å². The maximum absolute atomic E-state index is 5.32. The van der Waals surface area contributed by atoms with Gasteiger partial charge in [0.15, 0.2) is 0 Å². The quantitative estimate of drug-likeness (QED) is 0.721. The minimum Gasteiger partial charge on any atom is -0.384 e. The fourth-order valence-corrected chi connectivity index (χ4v) is 3.46. The van der Waals surface area contributed by atoms with Crippen LogP contribution in [0.2, 0.25) is 0 Å². The zero-order chi connectivity index (χ0) is 13.4. The molecule has 0 spiro atoms. The molecule has 0 aromatic heterocycles. The molecule has 1 saturated heterocycles. The van der Waals surface area contributed by atoms with Gasteiger partial charge in [0.25, 0.3) is 0 Å². The predicted octanol–water partition coefficient (Wildman–Crippen LogP) is 2.37. The lowest BCUT2D eigenvalue weighted by molar-refractivity contribution is 0.0643. The van der Waals surface area contributed by atoms with Crippen molar-refractivity contribution in [2.75, 3.05) is 46.9 Å². The molecular formula is C15H32N2O. The molecule has 3 heteroatoms. The average molecular weight is 256 g/mol. The second-order valence-corrected chi connectivity index (χ2v) is 6.29. The number of hydrogen-bond donors (Lipinski definition) is 1. The first kappa shape index (κ1) is 15.9. The molecular weight excluding hydrogens is 224 g/mol. The first-order chi connectivity index (χ1) is 8.63. The fourth-order valence-electron chi connectivity index (χ4n) is 3.46. The Morgan fingerprint density at radius 2 is 2.22 bits per heavy atom. The highest BCUT2D eigenvalue weighted by Crippen LogP contribution is 2.26. The van der Waals surface area contributed by atoms with Crippen LogP contribution in [0.25, 0.3) is 0 Å². The Balaban J connectivity index is 2.47. The van der Waals surface area contributed by atoms with Crippen LogP contribution >= 0.6 is 0 Å². The van der Waals surface area contributed by atoms with E-state index in [1.54, 1.807) is 0 Å². The fraction of sp³-hybridized carbons (Fsp3) is 1.00. The lowest BCUT2D eigenvalue weighted by Gasteiger charge is -2.39. The van der Waals surface area contributed by atoms with E-state index >= 15 is 0 Å². The Morgan fingerprint density at radius 3 is 2.83 bits per heavy atom. The number of piperidine rings is 1. The highest BCUT2D eigenvalue weighted by molar-refractivity contribution is 4.83. The third kappa shape index (κ3) is 5.25. The second-order valence-electron chi connectivity index (χ2n) is 6.29. The summed E-state index contributed by atoms with van der Waals surface area (Å²) in [4.78, 5) is 2.65. The van der Waals surface area contributed by atoms with E-state index < -0.39 is 0 Å². The molecule has 0 aliphatic carbocycles. The zero-order valence-corrected chi connectivity index (χ0v) is 12.8. The number of methoxy groups -OCH3 is 1. The van der Waals surface area contributed by atoms with Gasteiger partial charge in [-0.25, -0.2) is 0 Å². The minimum absolute atomic E-state index is 0.415. The molecule has 0 bridgehead atoms. The molecule has 3 nitrogen and oxygen atoms in total. The van der Waals surface area contributed by atoms with Gasteiger partial charge in [-0.3, -0.25) is 0 Å². The molecule has 0 aromatic carbocycles. The Bertz CT molecular complexity index is 213. The highest BCUT2D eigenvalue weighted by Gasteiger charge is 2.28. The number of ether oxygens (including phenoxy) is 1. The maximum Gasteiger partial charge on any atom is 0.0502 e. The van der Waals surface area contributed by atoms with Crippen LogP contribution in [0.4, 0.5) is 0 Å². The van der Waals surface area contributed by atoms with Crippen molar-refractivity contribution >= 4 is 0 Å². The van der Waals surface area contributed by atoms with Crippen molar-refractivity contribution in [3.8, 4) is 0 Å². The van der Waals surface area contributed by atoms with Crippen molar-refractivity contribution in [2.45, 2.75) is 39.5 Å². The Labute approximate surface area is 113 Å². The number of nitrogens with one attached hydrogen (secondary N) is 1. The SMILES string of the molecule is CCCC(C)(CNC)CN1CCCC(COC)C1. The number of hydrogen-bond acceptors (Lipinski definition) is 3. The normalized spacial score (nSPS) is 25.0. The summed E-state index contributed by atoms with van der Waals surface area (Å²) in [6.45, 7) is 10.5. The van der Waals surface area contributed by atoms with Crippen LogP contribution in [0.5, 0.6) is 0 Å². The van der Waals surface area contributed by atoms with Gasteiger partial charge in [-0.15, -0.1) is 0 Å². The van der Waals surface area contributed by atoms with Crippen LogP contribution in [-0.4, -0.2) is 51.8 Å². The van der Waals surface area contributed by atoms with Crippen molar-refractivity contribution in [2.24, 2.45) is 11.3 Å². The molecule has 0 radical (unpaired) electrons. The standard InChI is InChI=1S/C15H32N2O/c1-5-8-15(2,12-16-3)13-17-9-6-7-14(10-17)11-18-4/h14,16H,5-13H2,1-4H3. The van der Waals surface area contributed by atoms with Gasteiger partial charge in [0.05, 0.1) is 6.61 Å². The van der Waals surface area contributed by atoms with Crippen molar-refractivity contribution in [1.29, 1.82) is 0 Å². The van der Waals surface area contributed by atoms with Gasteiger partial charge >= 0.3 is 0 Å². The van der Waals surface area contributed by atoms with E-state index in [1.165, 1.54) is 45.3 Å². The van der Waals surface area contributed by atoms with Gasteiger partial charge in [-0.1, -0.05) is 20.3 Å². The number of rotatable bonds is 8. The van der Waals surface area contributed by atoms with E-state index in [0.29, 0.717) is 5.41 Å². The van der Waals surface area contributed by atoms with E-state index in [0.717, 1.165) is 19.1 Å². The van der Waals surface area contributed by atoms with Crippen molar-refractivity contribution in [1.82, 2.24) is 10.2 Å². The summed E-state index contributed by atoms with van der Waals surface area (Å²) in [5, 5.41) is 3.37. The highest BCUT2D eigenvalue weighted by atomic mass is 16.5. The van der Waals surface area contributed by atoms with Crippen LogP contribution in [-0.2, 0) is 4.74 Å². The predicted molar refractivity (Wildman–Crippen MR) is 78.0 cm³/mol. The summed E-state index contributed by atoms with van der Waals surface area (Å²) in [6.07, 6.45) is 5.24. The van der Waals surface area contributed by atoms with Crippen LogP contribution in [0, 0.1) is 11.3 Å². The lowest BCUT2D eigenvalue weighted by atomic mass is 9.84. The molecule has 1 rings (SSSR count). The van der Waals surface area contributed by atoms with E-state index in [9.17, 15) is 0 Å². The van der Waals surface area contributed by atoms with Crippen molar-refractivity contribution in [3.05, 3.63) is 0 Å². The molecule has 1 heterocycles. The maximum atomic E-state index is 5.32. The summed E-state index contributed by atoms with van der Waals surface area (Å²) in [7, 11) is 3.89. The van der Waals surface area contributed by atoms with Gasteiger partial charge in [-0.2, -0.15) is 0 Å². The molecule has 0 aromatic rings. The van der Waals surface area contributed by atoms with Crippen LogP contribution in [0.3, 0.4) is 0 Å². The molecule has 1 fully saturated rings. The zero-order valence-electron chi connectivity index (χ0n) is 12.8. The molecule has 1 N–H and O–H groups in total. The number of likely N-dealkylation sites (tertiary alicyclic amines) is 1. The summed E-state index contributed by atoms with van der Waals surface area (Å²) in [5.41, 5.74) is 0.415. The van der Waals surface area contributed by atoms with Crippen LogP contribution in [0.1, 0.15) is 39.5 Å². The largest absolute Gasteiger partial charge is 0.384 e. The van der Waals surface area contributed by atoms with Gasteiger partial charge in [0, 0.05) is 26.7 Å². The van der Waals surface area contributed by atoms with Crippen LogP contribution in [0.15, 0.2) is 0 Å². The molecule has 0 saturated carbocycles. The van der Waals surface area contributed by atoms with Crippen LogP contribution < -0.4 is 5.32 Å². The first-order valence-corrected chi connectivity index (χ1v) is 7.49. The average Bonchev–Trinajstić information content (AvgIpc) is 2.30. The third-order valence-electron chi connectivity index (χ3n) is 4.07. The molecule has 0 amide bonds. The summed E-state index contributed by atoms with van der Waals surface area (Å²) in [6, 6.07) is 0. The molecule has 108 valence electrons. The third-order valence-corrected chi connectivity index (χ3v) is 4.07. The van der Waals surface area contributed by atoms with Gasteiger partial charge in [0.1, 0.15) is 0 Å². The minimum atomic E-state index is 0.415. The molecule has 1 aliphatic heterocycles. The Morgan fingerprint density at radius 1 is 1.44 bits per heavy atom. The van der Waals surface area contributed by atoms with E-state index in [1.807, 2.05) is 7.11 Å². The van der Waals surface area contributed by atoms with Crippen molar-refractivity contribution < 1.29 is 4.74 Å². The summed E-state index contributed by atoms with van der Waals surface area (Å²) < 4.78 is 5.32. The van der Waals surface area contributed by atoms with E-state index in [4.69, 9.17) is 4.74 Å². The van der Waals surface area contributed by atoms with Gasteiger partial charge in [0.2, 0.25) is 0 Å². The van der Waals surface area contributed by atoms with Gasteiger partial charge in [-0.05, 0) is 44.2 Å². The first-order valence-electron chi connectivity index (χ1n) is 7.49. The number of nitrogens with zero attached hydrogens (tertiary/aromatic N) is 1. The summed E-state index contributed by atoms with van der Waals surface area (Å²) >= 11 is 0. The molecule has 2 atom stereocenters. The smallest absolute Gasteiger partial charge is 0.0502 e. The van der Waals surface area contributed by atoms with E-state index in [-0.39, 0.29) is 0 Å². The van der Waals surface area contributed by atoms with Gasteiger partial charge < -0.3 is 15.0 Å². The molecule has 1 aliphatic rings. The molecule has 18 heavy (non-hydrogen) atoms. The molecule has 2 unspecified atom stereocenters. The second kappa shape index (κ2) is 8.13. The van der Waals surface area contributed by atoms with E-state index in [2.05, 4.69) is 31.1 Å². The topological polar surface area (TPSA) is 24.5 Å². The summed E-state index contributed by atoms with van der Waals surface area (Å²) in [5.74, 6) is 0.740.